The van der Waals surface area contributed by atoms with E-state index >= 15 is 0 Å². The summed E-state index contributed by atoms with van der Waals surface area (Å²) < 4.78 is 7.03. The molecule has 144 valence electrons. The molecular formula is C21H18N6O2. The van der Waals surface area contributed by atoms with E-state index in [1.165, 1.54) is 13.4 Å². The summed E-state index contributed by atoms with van der Waals surface area (Å²) in [4.78, 5) is 25.0. The maximum Gasteiger partial charge on any atom is 0.259 e. The minimum absolute atomic E-state index is 0.232. The number of carbonyl (C=O) groups excluding carboxylic acids is 1. The first-order valence-electron chi connectivity index (χ1n) is 8.85. The van der Waals surface area contributed by atoms with Crippen LogP contribution in [0.2, 0.25) is 0 Å². The van der Waals surface area contributed by atoms with Crippen LogP contribution < -0.4 is 15.4 Å². The van der Waals surface area contributed by atoms with Crippen molar-refractivity contribution in [2.24, 2.45) is 0 Å². The molecular weight excluding hydrogens is 368 g/mol. The van der Waals surface area contributed by atoms with Gasteiger partial charge in [-0.2, -0.15) is 0 Å². The molecule has 1 amide bonds. The second kappa shape index (κ2) is 8.22. The second-order valence-electron chi connectivity index (χ2n) is 6.09. The van der Waals surface area contributed by atoms with Gasteiger partial charge in [0.05, 0.1) is 12.7 Å². The van der Waals surface area contributed by atoms with Gasteiger partial charge in [0.15, 0.2) is 0 Å². The summed E-state index contributed by atoms with van der Waals surface area (Å²) in [7, 11) is 1.54. The van der Waals surface area contributed by atoms with Gasteiger partial charge >= 0.3 is 0 Å². The van der Waals surface area contributed by atoms with Crippen LogP contribution in [0.15, 0.2) is 79.6 Å². The van der Waals surface area contributed by atoms with Gasteiger partial charge in [-0.3, -0.25) is 9.36 Å². The summed E-state index contributed by atoms with van der Waals surface area (Å²) in [6.45, 7) is 0. The zero-order valence-corrected chi connectivity index (χ0v) is 15.6. The number of aromatic nitrogens is 4. The van der Waals surface area contributed by atoms with Gasteiger partial charge in [0.2, 0.25) is 0 Å². The summed E-state index contributed by atoms with van der Waals surface area (Å²) in [6, 6.07) is 16.2. The highest BCUT2D eigenvalue weighted by atomic mass is 16.5. The predicted octanol–water partition coefficient (Wildman–Crippen LogP) is 3.67. The quantitative estimate of drug-likeness (QED) is 0.525. The molecule has 2 N–H and O–H groups in total. The molecule has 8 nitrogen and oxygen atoms in total. The van der Waals surface area contributed by atoms with Crippen molar-refractivity contribution >= 4 is 23.1 Å². The number of hydrogen-bond acceptors (Lipinski definition) is 6. The summed E-state index contributed by atoms with van der Waals surface area (Å²) in [5.74, 6) is 1.65. The molecule has 0 atom stereocenters. The van der Waals surface area contributed by atoms with Gasteiger partial charge in [-0.05, 0) is 36.4 Å². The van der Waals surface area contributed by atoms with E-state index in [0.29, 0.717) is 28.6 Å². The Hall–Kier alpha value is -4.20. The second-order valence-corrected chi connectivity index (χ2v) is 6.09. The lowest BCUT2D eigenvalue weighted by Crippen LogP contribution is -2.13. The van der Waals surface area contributed by atoms with Gasteiger partial charge in [0.1, 0.15) is 30.0 Å². The smallest absolute Gasteiger partial charge is 0.259 e. The van der Waals surface area contributed by atoms with Crippen molar-refractivity contribution in [3.8, 4) is 11.6 Å². The van der Waals surface area contributed by atoms with Crippen molar-refractivity contribution in [3.05, 3.63) is 85.2 Å². The normalized spacial score (nSPS) is 10.4. The number of ether oxygens (including phenoxy) is 1. The number of rotatable bonds is 6. The van der Waals surface area contributed by atoms with E-state index in [1.54, 1.807) is 35.3 Å². The van der Waals surface area contributed by atoms with Crippen molar-refractivity contribution in [1.29, 1.82) is 0 Å². The molecule has 0 saturated carbocycles. The lowest BCUT2D eigenvalue weighted by molar-refractivity contribution is 0.102. The molecule has 4 aromatic rings. The molecule has 0 radical (unpaired) electrons. The number of benzene rings is 2. The number of para-hydroxylation sites is 1. The van der Waals surface area contributed by atoms with Crippen molar-refractivity contribution in [2.45, 2.75) is 0 Å². The molecule has 8 heteroatoms. The molecule has 2 aromatic carbocycles. The summed E-state index contributed by atoms with van der Waals surface area (Å²) in [5.41, 5.74) is 1.98. The molecule has 0 aliphatic heterocycles. The molecule has 0 fully saturated rings. The Kier molecular flexibility index (Phi) is 5.15. The number of carbonyl (C=O) groups is 1. The molecule has 0 aliphatic carbocycles. The van der Waals surface area contributed by atoms with Crippen LogP contribution in [0.25, 0.3) is 5.82 Å². The molecule has 0 spiro atoms. The third kappa shape index (κ3) is 4.22. The fourth-order valence-corrected chi connectivity index (χ4v) is 2.77. The first-order valence-corrected chi connectivity index (χ1v) is 8.85. The number of amides is 1. The van der Waals surface area contributed by atoms with E-state index < -0.39 is 0 Å². The summed E-state index contributed by atoms with van der Waals surface area (Å²) in [6.07, 6.45) is 6.66. The highest BCUT2D eigenvalue weighted by Gasteiger charge is 2.11. The van der Waals surface area contributed by atoms with Crippen molar-refractivity contribution in [1.82, 2.24) is 19.5 Å². The standard InChI is InChI=1S/C21H18N6O2/c1-29-18-5-3-2-4-17(18)21(28)26-16-8-6-15(7-9-16)25-19-12-20(24-13-23-19)27-11-10-22-14-27/h2-14H,1H3,(H,26,28)(H,23,24,25). The fraction of sp³-hybridized carbons (Fsp3) is 0.0476. The molecule has 0 unspecified atom stereocenters. The van der Waals surface area contributed by atoms with E-state index in [4.69, 9.17) is 4.74 Å². The summed E-state index contributed by atoms with van der Waals surface area (Å²) >= 11 is 0. The average molecular weight is 386 g/mol. The molecule has 29 heavy (non-hydrogen) atoms. The maximum atomic E-state index is 12.5. The van der Waals surface area contributed by atoms with Gasteiger partial charge < -0.3 is 15.4 Å². The minimum atomic E-state index is -0.232. The highest BCUT2D eigenvalue weighted by molar-refractivity contribution is 6.06. The minimum Gasteiger partial charge on any atom is -0.496 e. The number of hydrogen-bond donors (Lipinski definition) is 2. The number of nitrogens with zero attached hydrogens (tertiary/aromatic N) is 4. The van der Waals surface area contributed by atoms with E-state index in [2.05, 4.69) is 25.6 Å². The van der Waals surface area contributed by atoms with Gasteiger partial charge in [0.25, 0.3) is 5.91 Å². The van der Waals surface area contributed by atoms with Crippen LogP contribution in [0.4, 0.5) is 17.2 Å². The first-order chi connectivity index (χ1) is 14.2. The third-order valence-electron chi connectivity index (χ3n) is 4.19. The Morgan fingerprint density at radius 2 is 1.83 bits per heavy atom. The lowest BCUT2D eigenvalue weighted by Gasteiger charge is -2.10. The molecule has 0 bridgehead atoms. The third-order valence-corrected chi connectivity index (χ3v) is 4.19. The van der Waals surface area contributed by atoms with Gasteiger partial charge in [-0.1, -0.05) is 12.1 Å². The topological polar surface area (TPSA) is 94.0 Å². The van der Waals surface area contributed by atoms with Crippen LogP contribution in [-0.4, -0.2) is 32.5 Å². The van der Waals surface area contributed by atoms with Crippen LogP contribution in [-0.2, 0) is 0 Å². The van der Waals surface area contributed by atoms with E-state index in [9.17, 15) is 4.79 Å². The zero-order valence-electron chi connectivity index (χ0n) is 15.6. The van der Waals surface area contributed by atoms with Crippen LogP contribution in [0.5, 0.6) is 5.75 Å². The average Bonchev–Trinajstić information content (AvgIpc) is 3.30. The van der Waals surface area contributed by atoms with E-state index in [-0.39, 0.29) is 5.91 Å². The largest absolute Gasteiger partial charge is 0.496 e. The monoisotopic (exact) mass is 386 g/mol. The highest BCUT2D eigenvalue weighted by Crippen LogP contribution is 2.21. The van der Waals surface area contributed by atoms with Crippen LogP contribution in [0, 0.1) is 0 Å². The molecule has 0 aliphatic rings. The Balaban J connectivity index is 1.45. The van der Waals surface area contributed by atoms with E-state index in [1.807, 2.05) is 42.6 Å². The van der Waals surface area contributed by atoms with Gasteiger partial charge in [-0.25, -0.2) is 15.0 Å². The Bertz CT molecular complexity index is 1110. The lowest BCUT2D eigenvalue weighted by atomic mass is 10.2. The van der Waals surface area contributed by atoms with Crippen LogP contribution in [0.3, 0.4) is 0 Å². The molecule has 4 rings (SSSR count). The molecule has 0 saturated heterocycles. The first kappa shape index (κ1) is 18.2. The van der Waals surface area contributed by atoms with Gasteiger partial charge in [-0.15, -0.1) is 0 Å². The molecule has 2 heterocycles. The number of anilines is 3. The Labute approximate surface area is 167 Å². The fourth-order valence-electron chi connectivity index (χ4n) is 2.77. The van der Waals surface area contributed by atoms with E-state index in [0.717, 1.165) is 5.69 Å². The number of nitrogens with one attached hydrogen (secondary N) is 2. The van der Waals surface area contributed by atoms with Crippen LogP contribution in [0.1, 0.15) is 10.4 Å². The van der Waals surface area contributed by atoms with Crippen molar-refractivity contribution in [2.75, 3.05) is 17.7 Å². The van der Waals surface area contributed by atoms with Crippen LogP contribution >= 0.6 is 0 Å². The number of methoxy groups -OCH3 is 1. The maximum absolute atomic E-state index is 12.5. The number of imidazole rings is 1. The SMILES string of the molecule is COc1ccccc1C(=O)Nc1ccc(Nc2cc(-n3ccnc3)ncn2)cc1. The Morgan fingerprint density at radius 3 is 2.59 bits per heavy atom. The predicted molar refractivity (Wildman–Crippen MR) is 110 cm³/mol. The summed E-state index contributed by atoms with van der Waals surface area (Å²) in [5, 5.41) is 6.09. The zero-order chi connectivity index (χ0) is 20.1. The van der Waals surface area contributed by atoms with Crippen molar-refractivity contribution < 1.29 is 9.53 Å². The molecule has 2 aromatic heterocycles. The van der Waals surface area contributed by atoms with Gasteiger partial charge in [0, 0.05) is 29.8 Å². The van der Waals surface area contributed by atoms with Crippen molar-refractivity contribution in [3.63, 3.8) is 0 Å². The Morgan fingerprint density at radius 1 is 1.03 bits per heavy atom.